The van der Waals surface area contributed by atoms with Crippen molar-refractivity contribution in [1.29, 1.82) is 0 Å². The van der Waals surface area contributed by atoms with Crippen molar-refractivity contribution in [2.24, 2.45) is 11.8 Å². The molecule has 1 rings (SSSR count). The van der Waals surface area contributed by atoms with Gasteiger partial charge in [-0.2, -0.15) is 0 Å². The third kappa shape index (κ3) is 3.10. The molecule has 88 valence electrons. The molecule has 0 aromatic carbocycles. The topological polar surface area (TPSA) is 124 Å². The first-order valence-electron chi connectivity index (χ1n) is 4.77. The highest BCUT2D eigenvalue weighted by atomic mass is 16.6. The van der Waals surface area contributed by atoms with Gasteiger partial charge in [0.1, 0.15) is 0 Å². The predicted molar refractivity (Wildman–Crippen MR) is 48.1 cm³/mol. The maximum Gasteiger partial charge on any atom is 0.214 e. The van der Waals surface area contributed by atoms with Gasteiger partial charge in [-0.1, -0.05) is 0 Å². The second-order valence-corrected chi connectivity index (χ2v) is 3.99. The van der Waals surface area contributed by atoms with Gasteiger partial charge in [-0.25, -0.2) is 0 Å². The van der Waals surface area contributed by atoms with Crippen LogP contribution in [-0.2, 0) is 0 Å². The van der Waals surface area contributed by atoms with Crippen LogP contribution in [0.1, 0.15) is 19.3 Å². The van der Waals surface area contributed by atoms with E-state index in [1.165, 1.54) is 0 Å². The molecule has 0 amide bonds. The molecule has 0 saturated heterocycles. The monoisotopic (exact) mass is 221 g/mol. The van der Waals surface area contributed by atoms with Crippen LogP contribution in [-0.4, -0.2) is 44.0 Å². The molecule has 15 heavy (non-hydrogen) atoms. The molecule has 1 aliphatic carbocycles. The predicted octanol–water partition coefficient (Wildman–Crippen LogP) is -1.33. The molecular formula is C8H15NO6. The molecule has 0 radical (unpaired) electrons. The van der Waals surface area contributed by atoms with Crippen molar-refractivity contribution >= 4 is 0 Å². The van der Waals surface area contributed by atoms with Gasteiger partial charge in [0, 0.05) is 29.6 Å². The van der Waals surface area contributed by atoms with Crippen molar-refractivity contribution in [2.75, 3.05) is 0 Å². The molecule has 0 aromatic heterocycles. The summed E-state index contributed by atoms with van der Waals surface area (Å²) in [5.74, 6) is -1.33. The molecular weight excluding hydrogens is 206 g/mol. The lowest BCUT2D eigenvalue weighted by Crippen LogP contribution is -2.40. The van der Waals surface area contributed by atoms with Crippen LogP contribution in [0.25, 0.3) is 0 Å². The minimum Gasteiger partial charge on any atom is -0.368 e. The third-order valence-electron chi connectivity index (χ3n) is 2.90. The van der Waals surface area contributed by atoms with Crippen LogP contribution in [0.3, 0.4) is 0 Å². The second kappa shape index (κ2) is 4.84. The molecule has 0 aromatic rings. The Hall–Kier alpha value is -0.760. The Morgan fingerprint density at radius 1 is 1.00 bits per heavy atom. The first-order chi connectivity index (χ1) is 6.91. The number of nitro groups is 1. The highest BCUT2D eigenvalue weighted by Crippen LogP contribution is 2.33. The Kier molecular flexibility index (Phi) is 3.97. The van der Waals surface area contributed by atoms with Gasteiger partial charge >= 0.3 is 0 Å². The van der Waals surface area contributed by atoms with E-state index in [-0.39, 0.29) is 19.3 Å². The fourth-order valence-electron chi connectivity index (χ4n) is 2.04. The lowest BCUT2D eigenvalue weighted by molar-refractivity contribution is -0.532. The Morgan fingerprint density at radius 3 is 1.67 bits per heavy atom. The second-order valence-electron chi connectivity index (χ2n) is 3.99. The molecule has 4 N–H and O–H groups in total. The molecule has 2 unspecified atom stereocenters. The highest BCUT2D eigenvalue weighted by Gasteiger charge is 2.40. The smallest absolute Gasteiger partial charge is 0.214 e. The van der Waals surface area contributed by atoms with Crippen molar-refractivity contribution in [1.82, 2.24) is 0 Å². The Labute approximate surface area is 86.1 Å². The van der Waals surface area contributed by atoms with Crippen molar-refractivity contribution < 1.29 is 25.3 Å². The van der Waals surface area contributed by atoms with Gasteiger partial charge < -0.3 is 20.4 Å². The largest absolute Gasteiger partial charge is 0.368 e. The SMILES string of the molecule is O=[N+]([O-])C1CC(C(O)O)CC(C(O)O)C1. The van der Waals surface area contributed by atoms with E-state index in [0.717, 1.165) is 0 Å². The van der Waals surface area contributed by atoms with E-state index < -0.39 is 35.4 Å². The maximum absolute atomic E-state index is 10.6. The van der Waals surface area contributed by atoms with Crippen molar-refractivity contribution in [3.63, 3.8) is 0 Å². The van der Waals surface area contributed by atoms with E-state index in [0.29, 0.717) is 0 Å². The fourth-order valence-corrected chi connectivity index (χ4v) is 2.04. The van der Waals surface area contributed by atoms with Crippen molar-refractivity contribution in [2.45, 2.75) is 37.9 Å². The number of hydrogen-bond acceptors (Lipinski definition) is 6. The summed E-state index contributed by atoms with van der Waals surface area (Å²) < 4.78 is 0. The van der Waals surface area contributed by atoms with Crippen LogP contribution in [0, 0.1) is 22.0 Å². The number of rotatable bonds is 3. The first kappa shape index (κ1) is 12.3. The third-order valence-corrected chi connectivity index (χ3v) is 2.90. The van der Waals surface area contributed by atoms with Gasteiger partial charge in [0.25, 0.3) is 0 Å². The molecule has 1 saturated carbocycles. The lowest BCUT2D eigenvalue weighted by atomic mass is 9.78. The Bertz CT molecular complexity index is 215. The minimum absolute atomic E-state index is 0.0634. The molecule has 0 bridgehead atoms. The molecule has 0 aliphatic heterocycles. The molecule has 7 heteroatoms. The van der Waals surface area contributed by atoms with Gasteiger partial charge in [0.15, 0.2) is 12.6 Å². The summed E-state index contributed by atoms with van der Waals surface area (Å²) in [6, 6.07) is -0.933. The zero-order valence-corrected chi connectivity index (χ0v) is 8.06. The van der Waals surface area contributed by atoms with E-state index in [4.69, 9.17) is 20.4 Å². The Balaban J connectivity index is 2.68. The molecule has 1 fully saturated rings. The van der Waals surface area contributed by atoms with Gasteiger partial charge in [-0.05, 0) is 6.42 Å². The van der Waals surface area contributed by atoms with Crippen LogP contribution in [0.15, 0.2) is 0 Å². The number of nitrogens with zero attached hydrogens (tertiary/aromatic N) is 1. The van der Waals surface area contributed by atoms with Crippen molar-refractivity contribution in [3.8, 4) is 0 Å². The summed E-state index contributed by atoms with van der Waals surface area (Å²) in [5.41, 5.74) is 0. The number of aliphatic hydroxyl groups excluding tert-OH is 2. The van der Waals surface area contributed by atoms with E-state index >= 15 is 0 Å². The zero-order chi connectivity index (χ0) is 11.6. The number of hydrogen-bond donors (Lipinski definition) is 4. The van der Waals surface area contributed by atoms with Gasteiger partial charge in [-0.15, -0.1) is 0 Å². The summed E-state index contributed by atoms with van der Waals surface area (Å²) in [6.45, 7) is 0. The van der Waals surface area contributed by atoms with Crippen LogP contribution < -0.4 is 0 Å². The molecule has 7 nitrogen and oxygen atoms in total. The normalized spacial score (nSPS) is 32.3. The van der Waals surface area contributed by atoms with Crippen molar-refractivity contribution in [3.05, 3.63) is 10.1 Å². The highest BCUT2D eigenvalue weighted by molar-refractivity contribution is 4.81. The zero-order valence-electron chi connectivity index (χ0n) is 8.06. The van der Waals surface area contributed by atoms with Crippen LogP contribution in [0.2, 0.25) is 0 Å². The van der Waals surface area contributed by atoms with Gasteiger partial charge in [0.2, 0.25) is 6.04 Å². The summed E-state index contributed by atoms with van der Waals surface area (Å²) >= 11 is 0. The summed E-state index contributed by atoms with van der Waals surface area (Å²) in [6.07, 6.45) is -2.98. The molecule has 0 heterocycles. The minimum atomic E-state index is -1.64. The summed E-state index contributed by atoms with van der Waals surface area (Å²) in [7, 11) is 0. The van der Waals surface area contributed by atoms with Crippen LogP contribution in [0.4, 0.5) is 0 Å². The Morgan fingerprint density at radius 2 is 1.40 bits per heavy atom. The summed E-state index contributed by atoms with van der Waals surface area (Å²) in [5, 5.41) is 46.4. The van der Waals surface area contributed by atoms with Gasteiger partial charge in [0.05, 0.1) is 0 Å². The lowest BCUT2D eigenvalue weighted by Gasteiger charge is -2.32. The molecule has 1 aliphatic rings. The average molecular weight is 221 g/mol. The van der Waals surface area contributed by atoms with Crippen LogP contribution >= 0.6 is 0 Å². The van der Waals surface area contributed by atoms with Crippen LogP contribution in [0.5, 0.6) is 0 Å². The molecule has 0 spiro atoms. The average Bonchev–Trinajstić information content (AvgIpc) is 2.16. The van der Waals surface area contributed by atoms with E-state index in [1.807, 2.05) is 0 Å². The standard InChI is InChI=1S/C8H15NO6/c10-7(11)4-1-5(8(12)13)3-6(2-4)9(14)15/h4-8,10-13H,1-3H2. The van der Waals surface area contributed by atoms with E-state index in [2.05, 4.69) is 0 Å². The van der Waals surface area contributed by atoms with E-state index in [1.54, 1.807) is 0 Å². The summed E-state index contributed by atoms with van der Waals surface area (Å²) in [4.78, 5) is 10.1. The molecule has 2 atom stereocenters. The van der Waals surface area contributed by atoms with E-state index in [9.17, 15) is 10.1 Å². The van der Waals surface area contributed by atoms with Gasteiger partial charge in [-0.3, -0.25) is 10.1 Å². The maximum atomic E-state index is 10.6. The first-order valence-corrected chi connectivity index (χ1v) is 4.77. The quantitative estimate of drug-likeness (QED) is 0.266. The fraction of sp³-hybridized carbons (Fsp3) is 1.00. The number of aliphatic hydroxyl groups is 4.